The van der Waals surface area contributed by atoms with Gasteiger partial charge in [0.15, 0.2) is 5.96 Å². The minimum atomic E-state index is -0.0711. The molecule has 0 spiro atoms. The Hall–Kier alpha value is -3.02. The van der Waals surface area contributed by atoms with E-state index < -0.39 is 0 Å². The van der Waals surface area contributed by atoms with Crippen LogP contribution in [0.5, 0.6) is 0 Å². The third-order valence-corrected chi connectivity index (χ3v) is 4.78. The van der Waals surface area contributed by atoms with E-state index in [-0.39, 0.29) is 5.91 Å². The molecule has 0 aliphatic carbocycles. The maximum atomic E-state index is 11.8. The van der Waals surface area contributed by atoms with Crippen molar-refractivity contribution in [2.24, 2.45) is 4.99 Å². The highest BCUT2D eigenvalue weighted by Gasteiger charge is 2.19. The van der Waals surface area contributed by atoms with Crippen LogP contribution in [0.25, 0.3) is 0 Å². The summed E-state index contributed by atoms with van der Waals surface area (Å²) < 4.78 is 0. The number of para-hydroxylation sites is 1. The molecular weight excluding hydrogens is 338 g/mol. The highest BCUT2D eigenvalue weighted by molar-refractivity contribution is 5.94. The average Bonchev–Trinajstić information content (AvgIpc) is 2.75. The van der Waals surface area contributed by atoms with E-state index in [4.69, 9.17) is 0 Å². The van der Waals surface area contributed by atoms with Crippen LogP contribution in [0.15, 0.2) is 59.6 Å². The first kappa shape index (κ1) is 18.8. The van der Waals surface area contributed by atoms with Gasteiger partial charge in [-0.1, -0.05) is 30.3 Å². The number of carbonyl (C=O) groups is 1. The number of hydrogen-bond donors (Lipinski definition) is 2. The molecule has 1 saturated heterocycles. The second kappa shape index (κ2) is 9.07. The van der Waals surface area contributed by atoms with Gasteiger partial charge in [-0.15, -0.1) is 0 Å². The summed E-state index contributed by atoms with van der Waals surface area (Å²) in [5, 5.41) is 6.08. The number of nitrogens with one attached hydrogen (secondary N) is 2. The van der Waals surface area contributed by atoms with E-state index in [1.54, 1.807) is 7.05 Å². The van der Waals surface area contributed by atoms with Gasteiger partial charge in [-0.05, 0) is 29.8 Å². The molecule has 1 heterocycles. The zero-order valence-electron chi connectivity index (χ0n) is 16.0. The van der Waals surface area contributed by atoms with Gasteiger partial charge < -0.3 is 20.4 Å². The molecule has 0 radical (unpaired) electrons. The molecular formula is C21H27N5O. The second-order valence-corrected chi connectivity index (χ2v) is 6.49. The highest BCUT2D eigenvalue weighted by Crippen LogP contribution is 2.15. The van der Waals surface area contributed by atoms with Crippen LogP contribution >= 0.6 is 0 Å². The van der Waals surface area contributed by atoms with E-state index in [2.05, 4.69) is 49.7 Å². The smallest absolute Gasteiger partial charge is 0.251 e. The molecule has 2 aromatic rings. The zero-order chi connectivity index (χ0) is 19.1. The number of guanidine groups is 1. The number of hydrogen-bond acceptors (Lipinski definition) is 3. The molecule has 0 aromatic heterocycles. The maximum absolute atomic E-state index is 11.8. The Morgan fingerprint density at radius 1 is 1.04 bits per heavy atom. The monoisotopic (exact) mass is 365 g/mol. The van der Waals surface area contributed by atoms with Crippen LogP contribution in [0, 0.1) is 0 Å². The maximum Gasteiger partial charge on any atom is 0.251 e. The van der Waals surface area contributed by atoms with Crippen molar-refractivity contribution in [3.05, 3.63) is 65.7 Å². The zero-order valence-corrected chi connectivity index (χ0v) is 16.0. The van der Waals surface area contributed by atoms with Gasteiger partial charge >= 0.3 is 0 Å². The Morgan fingerprint density at radius 3 is 2.44 bits per heavy atom. The number of rotatable bonds is 4. The number of aliphatic imine (C=N–C) groups is 1. The summed E-state index contributed by atoms with van der Waals surface area (Å²) in [6, 6.07) is 18.2. The molecule has 1 aliphatic rings. The van der Waals surface area contributed by atoms with Crippen molar-refractivity contribution in [1.82, 2.24) is 15.5 Å². The molecule has 142 valence electrons. The van der Waals surface area contributed by atoms with Crippen LogP contribution in [0.3, 0.4) is 0 Å². The normalized spacial score (nSPS) is 14.8. The Bertz CT molecular complexity index is 782. The Morgan fingerprint density at radius 2 is 1.78 bits per heavy atom. The van der Waals surface area contributed by atoms with Gasteiger partial charge in [0.25, 0.3) is 5.91 Å². The SMILES string of the molecule is CN=C(NCc1cccc(C(=O)NC)c1)N1CCN(c2ccccc2)CC1. The van der Waals surface area contributed by atoms with Crippen LogP contribution in [-0.4, -0.2) is 57.0 Å². The largest absolute Gasteiger partial charge is 0.368 e. The van der Waals surface area contributed by atoms with Gasteiger partial charge in [-0.2, -0.15) is 0 Å². The van der Waals surface area contributed by atoms with E-state index in [9.17, 15) is 4.79 Å². The molecule has 6 nitrogen and oxygen atoms in total. The molecule has 1 aliphatic heterocycles. The predicted molar refractivity (Wildman–Crippen MR) is 110 cm³/mol. The molecule has 2 aromatic carbocycles. The van der Waals surface area contributed by atoms with E-state index in [0.717, 1.165) is 37.7 Å². The van der Waals surface area contributed by atoms with Gasteiger partial charge in [-0.3, -0.25) is 9.79 Å². The van der Waals surface area contributed by atoms with Crippen LogP contribution < -0.4 is 15.5 Å². The molecule has 0 unspecified atom stereocenters. The van der Waals surface area contributed by atoms with Crippen LogP contribution in [-0.2, 0) is 6.54 Å². The summed E-state index contributed by atoms with van der Waals surface area (Å²) in [5.41, 5.74) is 2.99. The standard InChI is InChI=1S/C21H27N5O/c1-22-20(27)18-8-6-7-17(15-18)16-24-21(23-2)26-13-11-25(12-14-26)19-9-4-3-5-10-19/h3-10,15H,11-14,16H2,1-2H3,(H,22,27)(H,23,24). The summed E-state index contributed by atoms with van der Waals surface area (Å²) in [6.07, 6.45) is 0. The molecule has 27 heavy (non-hydrogen) atoms. The minimum Gasteiger partial charge on any atom is -0.368 e. The van der Waals surface area contributed by atoms with Crippen molar-refractivity contribution in [2.75, 3.05) is 45.2 Å². The fourth-order valence-corrected chi connectivity index (χ4v) is 3.30. The van der Waals surface area contributed by atoms with Crippen molar-refractivity contribution in [3.63, 3.8) is 0 Å². The number of carbonyl (C=O) groups excluding carboxylic acids is 1. The van der Waals surface area contributed by atoms with Gasteiger partial charge in [0.05, 0.1) is 0 Å². The molecule has 0 bridgehead atoms. The third-order valence-electron chi connectivity index (χ3n) is 4.78. The fraction of sp³-hybridized carbons (Fsp3) is 0.333. The fourth-order valence-electron chi connectivity index (χ4n) is 3.30. The Balaban J connectivity index is 1.55. The number of amides is 1. The number of benzene rings is 2. The molecule has 3 rings (SSSR count). The van der Waals surface area contributed by atoms with Gasteiger partial charge in [0, 0.05) is 58.1 Å². The van der Waals surface area contributed by atoms with E-state index in [1.807, 2.05) is 37.4 Å². The number of anilines is 1. The lowest BCUT2D eigenvalue weighted by atomic mass is 10.1. The summed E-state index contributed by atoms with van der Waals surface area (Å²) in [7, 11) is 3.46. The topological polar surface area (TPSA) is 60.0 Å². The first-order valence-electron chi connectivity index (χ1n) is 9.28. The first-order valence-corrected chi connectivity index (χ1v) is 9.28. The summed E-state index contributed by atoms with van der Waals surface area (Å²) in [5.74, 6) is 0.825. The second-order valence-electron chi connectivity index (χ2n) is 6.49. The summed E-state index contributed by atoms with van der Waals surface area (Å²) >= 11 is 0. The van der Waals surface area contributed by atoms with Crippen molar-refractivity contribution >= 4 is 17.6 Å². The first-order chi connectivity index (χ1) is 13.2. The lowest BCUT2D eigenvalue weighted by Gasteiger charge is -2.37. The minimum absolute atomic E-state index is 0.0711. The summed E-state index contributed by atoms with van der Waals surface area (Å²) in [6.45, 7) is 4.42. The average molecular weight is 365 g/mol. The molecule has 1 amide bonds. The van der Waals surface area contributed by atoms with Gasteiger partial charge in [0.1, 0.15) is 0 Å². The highest BCUT2D eigenvalue weighted by atomic mass is 16.1. The van der Waals surface area contributed by atoms with Crippen LogP contribution in [0.4, 0.5) is 5.69 Å². The lowest BCUT2D eigenvalue weighted by molar-refractivity contribution is 0.0963. The summed E-state index contributed by atoms with van der Waals surface area (Å²) in [4.78, 5) is 20.9. The Kier molecular flexibility index (Phi) is 6.30. The Labute approximate surface area is 160 Å². The van der Waals surface area contributed by atoms with Crippen LogP contribution in [0.1, 0.15) is 15.9 Å². The van der Waals surface area contributed by atoms with Crippen molar-refractivity contribution in [2.45, 2.75) is 6.54 Å². The third kappa shape index (κ3) is 4.78. The quantitative estimate of drug-likeness (QED) is 0.642. The van der Waals surface area contributed by atoms with E-state index in [1.165, 1.54) is 5.69 Å². The number of nitrogens with zero attached hydrogens (tertiary/aromatic N) is 3. The number of piperazine rings is 1. The van der Waals surface area contributed by atoms with Gasteiger partial charge in [-0.25, -0.2) is 0 Å². The van der Waals surface area contributed by atoms with E-state index >= 15 is 0 Å². The molecule has 1 fully saturated rings. The van der Waals surface area contributed by atoms with E-state index in [0.29, 0.717) is 12.1 Å². The molecule has 2 N–H and O–H groups in total. The molecule has 6 heteroatoms. The van der Waals surface area contributed by atoms with Crippen molar-refractivity contribution in [1.29, 1.82) is 0 Å². The molecule has 0 atom stereocenters. The van der Waals surface area contributed by atoms with Crippen LogP contribution in [0.2, 0.25) is 0 Å². The lowest BCUT2D eigenvalue weighted by Crippen LogP contribution is -2.52. The van der Waals surface area contributed by atoms with Crippen molar-refractivity contribution < 1.29 is 4.79 Å². The predicted octanol–water partition coefficient (Wildman–Crippen LogP) is 1.94. The molecule has 0 saturated carbocycles. The van der Waals surface area contributed by atoms with Gasteiger partial charge in [0.2, 0.25) is 0 Å². The van der Waals surface area contributed by atoms with Crippen molar-refractivity contribution in [3.8, 4) is 0 Å².